The van der Waals surface area contributed by atoms with E-state index >= 15 is 0 Å². The molecule has 0 aromatic carbocycles. The molecule has 0 rings (SSSR count). The van der Waals surface area contributed by atoms with Gasteiger partial charge in [0, 0.05) is 25.7 Å². The second kappa shape index (κ2) is 70.7. The van der Waals surface area contributed by atoms with Crippen LogP contribution in [0.2, 0.25) is 0 Å². The Hall–Kier alpha value is -1.94. The van der Waals surface area contributed by atoms with Gasteiger partial charge in [-0.1, -0.05) is 363 Å². The fourth-order valence-corrected chi connectivity index (χ4v) is 13.8. The number of ether oxygens (including phenoxy) is 4. The Kier molecular flexibility index (Phi) is 69.3. The Morgan fingerprint density at radius 3 is 0.694 bits per heavy atom. The third kappa shape index (κ3) is 72.4. The van der Waals surface area contributed by atoms with Gasteiger partial charge in [-0.3, -0.25) is 37.3 Å². The SMILES string of the molecule is CCCCCCCCCCCCCCCCCCCCCCCCC(=O)O[C@H](COC(=O)CCCCCCCCCCCCCCC(C)C)COP(=O)(O)OC[C@@H](O)COP(=O)(O)OC[C@@H](COC(=O)CCCCCCCCCC)OC(=O)CCCCCCCCCCCCC(C)C. The van der Waals surface area contributed by atoms with Crippen molar-refractivity contribution in [2.45, 2.75) is 432 Å². The van der Waals surface area contributed by atoms with Gasteiger partial charge < -0.3 is 33.8 Å². The molecule has 5 atom stereocenters. The smallest absolute Gasteiger partial charge is 0.462 e. The monoisotopic (exact) mass is 1440 g/mol. The Morgan fingerprint density at radius 2 is 0.469 bits per heavy atom. The highest BCUT2D eigenvalue weighted by molar-refractivity contribution is 7.47. The molecule has 19 heteroatoms. The van der Waals surface area contributed by atoms with Gasteiger partial charge in [-0.2, -0.15) is 0 Å². The molecule has 17 nitrogen and oxygen atoms in total. The van der Waals surface area contributed by atoms with E-state index in [-0.39, 0.29) is 25.7 Å². The zero-order valence-corrected chi connectivity index (χ0v) is 65.9. The van der Waals surface area contributed by atoms with Crippen molar-refractivity contribution in [2.75, 3.05) is 39.6 Å². The minimum Gasteiger partial charge on any atom is -0.462 e. The highest BCUT2D eigenvalue weighted by atomic mass is 31.2. The summed E-state index contributed by atoms with van der Waals surface area (Å²) < 4.78 is 68.5. The average molecular weight is 1440 g/mol. The maximum atomic E-state index is 13.1. The normalized spacial score (nSPS) is 13.9. The van der Waals surface area contributed by atoms with Crippen LogP contribution in [0, 0.1) is 11.8 Å². The number of aliphatic hydroxyl groups excluding tert-OH is 1. The van der Waals surface area contributed by atoms with Gasteiger partial charge >= 0.3 is 39.5 Å². The first-order valence-electron chi connectivity index (χ1n) is 41.0. The number of hydrogen-bond donors (Lipinski definition) is 3. The molecule has 0 heterocycles. The Balaban J connectivity index is 5.17. The van der Waals surface area contributed by atoms with E-state index in [0.717, 1.165) is 108 Å². The maximum Gasteiger partial charge on any atom is 0.472 e. The van der Waals surface area contributed by atoms with Gasteiger partial charge in [-0.25, -0.2) is 9.13 Å². The summed E-state index contributed by atoms with van der Waals surface area (Å²) in [5, 5.41) is 10.6. The summed E-state index contributed by atoms with van der Waals surface area (Å²) in [6.07, 6.45) is 59.9. The molecule has 0 saturated heterocycles. The fourth-order valence-electron chi connectivity index (χ4n) is 12.2. The molecular formula is C79H154O17P2. The van der Waals surface area contributed by atoms with Crippen molar-refractivity contribution in [3.8, 4) is 0 Å². The van der Waals surface area contributed by atoms with Crippen molar-refractivity contribution in [3.63, 3.8) is 0 Å². The minimum atomic E-state index is -4.96. The van der Waals surface area contributed by atoms with E-state index in [2.05, 4.69) is 41.5 Å². The van der Waals surface area contributed by atoms with Crippen LogP contribution in [0.1, 0.15) is 414 Å². The Morgan fingerprint density at radius 1 is 0.276 bits per heavy atom. The van der Waals surface area contributed by atoms with E-state index in [1.54, 1.807) is 0 Å². The van der Waals surface area contributed by atoms with Crippen LogP contribution >= 0.6 is 15.6 Å². The van der Waals surface area contributed by atoms with Crippen molar-refractivity contribution < 1.29 is 80.2 Å². The number of esters is 4. The summed E-state index contributed by atoms with van der Waals surface area (Å²) in [6.45, 7) is 9.59. The second-order valence-corrected chi connectivity index (χ2v) is 32.3. The highest BCUT2D eigenvalue weighted by Crippen LogP contribution is 2.45. The zero-order chi connectivity index (χ0) is 72.1. The molecule has 0 aliphatic carbocycles. The Labute approximate surface area is 600 Å². The number of carbonyl (C=O) groups excluding carboxylic acids is 4. The van der Waals surface area contributed by atoms with Crippen LogP contribution < -0.4 is 0 Å². The third-order valence-electron chi connectivity index (χ3n) is 18.5. The molecule has 0 amide bonds. The van der Waals surface area contributed by atoms with Gasteiger partial charge in [-0.15, -0.1) is 0 Å². The summed E-state index contributed by atoms with van der Waals surface area (Å²) in [6, 6.07) is 0. The molecule has 0 spiro atoms. The van der Waals surface area contributed by atoms with Gasteiger partial charge in [0.2, 0.25) is 0 Å². The van der Waals surface area contributed by atoms with Gasteiger partial charge in [0.1, 0.15) is 19.3 Å². The van der Waals surface area contributed by atoms with Crippen molar-refractivity contribution in [1.29, 1.82) is 0 Å². The molecule has 582 valence electrons. The summed E-state index contributed by atoms with van der Waals surface area (Å²) in [4.78, 5) is 72.8. The number of unbranched alkanes of at least 4 members (excludes halogenated alkanes) is 48. The number of carbonyl (C=O) groups is 4. The fraction of sp³-hybridized carbons (Fsp3) is 0.949. The highest BCUT2D eigenvalue weighted by Gasteiger charge is 2.30. The number of aliphatic hydroxyl groups is 1. The topological polar surface area (TPSA) is 237 Å². The average Bonchev–Trinajstić information content (AvgIpc) is 1.33. The zero-order valence-electron chi connectivity index (χ0n) is 64.1. The molecule has 0 bridgehead atoms. The van der Waals surface area contributed by atoms with Crippen LogP contribution in [0.5, 0.6) is 0 Å². The molecule has 0 aliphatic heterocycles. The molecule has 0 aliphatic rings. The Bertz CT molecular complexity index is 1890. The van der Waals surface area contributed by atoms with Crippen molar-refractivity contribution in [1.82, 2.24) is 0 Å². The van der Waals surface area contributed by atoms with E-state index < -0.39 is 97.5 Å². The lowest BCUT2D eigenvalue weighted by atomic mass is 10.0. The lowest BCUT2D eigenvalue weighted by molar-refractivity contribution is -0.161. The molecule has 0 fully saturated rings. The second-order valence-electron chi connectivity index (χ2n) is 29.4. The molecule has 0 aromatic rings. The van der Waals surface area contributed by atoms with E-state index in [4.69, 9.17) is 37.0 Å². The summed E-state index contributed by atoms with van der Waals surface area (Å²) in [5.41, 5.74) is 0. The summed E-state index contributed by atoms with van der Waals surface area (Å²) in [5.74, 6) is -0.582. The molecule has 3 N–H and O–H groups in total. The number of rotatable bonds is 78. The predicted octanol–water partition coefficient (Wildman–Crippen LogP) is 23.5. The van der Waals surface area contributed by atoms with Crippen LogP contribution in [0.25, 0.3) is 0 Å². The first-order chi connectivity index (χ1) is 47.4. The van der Waals surface area contributed by atoms with Gasteiger partial charge in [0.25, 0.3) is 0 Å². The number of phosphoric ester groups is 2. The molecule has 98 heavy (non-hydrogen) atoms. The summed E-state index contributed by atoms with van der Waals surface area (Å²) in [7, 11) is -9.91. The third-order valence-corrected chi connectivity index (χ3v) is 20.4. The standard InChI is InChI=1S/C79H154O17P2/c1-7-9-11-13-15-17-18-19-20-21-22-23-24-25-26-27-28-33-39-45-51-57-63-78(83)96-75(68-90-77(82)62-56-50-44-38-32-30-29-31-36-41-47-53-59-71(3)4)70-94-98(87,88)92-66-73(80)65-91-97(85,86)93-69-74(67-89-76(81)61-55-49-43-16-14-12-10-8-2)95-79(84)64-58-52-46-40-35-34-37-42-48-54-60-72(5)6/h71-75,80H,7-70H2,1-6H3,(H,85,86)(H,87,88)/t73-,74+,75+/m0/s1. The van der Waals surface area contributed by atoms with Gasteiger partial charge in [0.05, 0.1) is 26.4 Å². The van der Waals surface area contributed by atoms with Crippen LogP contribution in [0.3, 0.4) is 0 Å². The van der Waals surface area contributed by atoms with E-state index in [1.807, 2.05) is 0 Å². The minimum absolute atomic E-state index is 0.106. The van der Waals surface area contributed by atoms with Crippen LogP contribution in [-0.4, -0.2) is 96.7 Å². The van der Waals surface area contributed by atoms with Crippen LogP contribution in [-0.2, 0) is 65.4 Å². The maximum absolute atomic E-state index is 13.1. The molecule has 0 radical (unpaired) electrons. The quantitative estimate of drug-likeness (QED) is 0.0222. The first kappa shape index (κ1) is 96.1. The lowest BCUT2D eigenvalue weighted by Gasteiger charge is -2.21. The van der Waals surface area contributed by atoms with Gasteiger partial charge in [0.15, 0.2) is 12.2 Å². The van der Waals surface area contributed by atoms with Gasteiger partial charge in [-0.05, 0) is 37.5 Å². The summed E-state index contributed by atoms with van der Waals surface area (Å²) >= 11 is 0. The van der Waals surface area contributed by atoms with E-state index in [1.165, 1.54) is 225 Å². The molecular weight excluding hydrogens is 1280 g/mol. The predicted molar refractivity (Wildman–Crippen MR) is 400 cm³/mol. The van der Waals surface area contributed by atoms with E-state index in [0.29, 0.717) is 25.7 Å². The van der Waals surface area contributed by atoms with Crippen LogP contribution in [0.15, 0.2) is 0 Å². The molecule has 0 saturated carbocycles. The lowest BCUT2D eigenvalue weighted by Crippen LogP contribution is -2.30. The van der Waals surface area contributed by atoms with Crippen LogP contribution in [0.4, 0.5) is 0 Å². The largest absolute Gasteiger partial charge is 0.472 e. The van der Waals surface area contributed by atoms with Crippen molar-refractivity contribution in [2.24, 2.45) is 11.8 Å². The van der Waals surface area contributed by atoms with Crippen molar-refractivity contribution >= 4 is 39.5 Å². The first-order valence-corrected chi connectivity index (χ1v) is 44.0. The number of hydrogen-bond acceptors (Lipinski definition) is 15. The molecule has 0 aromatic heterocycles. The van der Waals surface area contributed by atoms with E-state index in [9.17, 15) is 43.2 Å². The molecule has 2 unspecified atom stereocenters. The van der Waals surface area contributed by atoms with Crippen molar-refractivity contribution in [3.05, 3.63) is 0 Å². The number of phosphoric acid groups is 2.